The van der Waals surface area contributed by atoms with Crippen LogP contribution in [-0.2, 0) is 11.3 Å². The Bertz CT molecular complexity index is 703. The molecule has 2 unspecified atom stereocenters. The molecule has 7 nitrogen and oxygen atoms in total. The van der Waals surface area contributed by atoms with Crippen molar-refractivity contribution in [1.82, 2.24) is 5.32 Å². The number of hydrogen-bond acceptors (Lipinski definition) is 5. The molecule has 0 amide bonds. The van der Waals surface area contributed by atoms with Gasteiger partial charge in [0.1, 0.15) is 5.75 Å². The van der Waals surface area contributed by atoms with E-state index in [-0.39, 0.29) is 12.0 Å². The Labute approximate surface area is 170 Å². The van der Waals surface area contributed by atoms with Crippen molar-refractivity contribution in [3.63, 3.8) is 0 Å². The van der Waals surface area contributed by atoms with Gasteiger partial charge in [0.05, 0.1) is 25.9 Å². The van der Waals surface area contributed by atoms with Crippen LogP contribution < -0.4 is 10.1 Å². The van der Waals surface area contributed by atoms with E-state index in [1.165, 1.54) is 11.1 Å². The van der Waals surface area contributed by atoms with Crippen LogP contribution >= 0.6 is 0 Å². The molecule has 7 heteroatoms. The summed E-state index contributed by atoms with van der Waals surface area (Å²) in [4.78, 5) is 8.56. The lowest BCUT2D eigenvalue weighted by Crippen LogP contribution is -2.39. The van der Waals surface area contributed by atoms with Crippen molar-refractivity contribution in [2.24, 2.45) is 0 Å². The van der Waals surface area contributed by atoms with Gasteiger partial charge in [-0.25, -0.2) is 4.79 Å². The number of rotatable bonds is 8. The number of carbonyl (C=O) groups is 1. The van der Waals surface area contributed by atoms with Gasteiger partial charge in [0, 0.05) is 18.9 Å². The molecule has 0 aromatic heterocycles. The summed E-state index contributed by atoms with van der Waals surface area (Å²) in [7, 11) is 0. The first kappa shape index (κ1) is 22.7. The predicted octanol–water partition coefficient (Wildman–Crippen LogP) is 3.33. The maximum absolute atomic E-state index is 10.1. The fourth-order valence-electron chi connectivity index (χ4n) is 3.16. The van der Waals surface area contributed by atoms with E-state index in [0.717, 1.165) is 25.1 Å². The van der Waals surface area contributed by atoms with Crippen LogP contribution in [0.2, 0.25) is 0 Å². The van der Waals surface area contributed by atoms with E-state index >= 15 is 0 Å². The average Bonchev–Trinajstić information content (AvgIpc) is 2.72. The molecule has 29 heavy (non-hydrogen) atoms. The molecule has 4 N–H and O–H groups in total. The molecule has 0 bridgehead atoms. The van der Waals surface area contributed by atoms with Crippen molar-refractivity contribution < 1.29 is 29.6 Å². The number of hydrogen-bond donors (Lipinski definition) is 4. The molecule has 0 saturated carbocycles. The van der Waals surface area contributed by atoms with Crippen LogP contribution in [0.3, 0.4) is 0 Å². The maximum Gasteiger partial charge on any atom is 0.503 e. The molecule has 0 aliphatic carbocycles. The first-order chi connectivity index (χ1) is 14.1. The molecule has 2 atom stereocenters. The third-order valence-electron chi connectivity index (χ3n) is 4.57. The normalized spacial score (nSPS) is 18.4. The molecule has 2 aromatic carbocycles. The van der Waals surface area contributed by atoms with Crippen molar-refractivity contribution in [3.8, 4) is 5.75 Å². The Morgan fingerprint density at radius 3 is 2.38 bits per heavy atom. The Balaban J connectivity index is 0.000000687. The Hall–Kier alpha value is -2.61. The summed E-state index contributed by atoms with van der Waals surface area (Å²) in [6.45, 7) is 3.61. The second-order valence-electron chi connectivity index (χ2n) is 6.76. The molecule has 3 rings (SSSR count). The SMILES string of the molecule is O=C(O)O.OC1CNCCC1c1ccc(OCCCOCc2ccccc2)cc1. The zero-order valence-electron chi connectivity index (χ0n) is 16.4. The molecular weight excluding hydrogens is 374 g/mol. The first-order valence-electron chi connectivity index (χ1n) is 9.71. The van der Waals surface area contributed by atoms with Crippen LogP contribution in [0.25, 0.3) is 0 Å². The van der Waals surface area contributed by atoms with Crippen molar-refractivity contribution >= 4 is 6.16 Å². The van der Waals surface area contributed by atoms with Gasteiger partial charge in [-0.05, 0) is 36.2 Å². The molecule has 0 spiro atoms. The summed E-state index contributed by atoms with van der Waals surface area (Å²) >= 11 is 0. The van der Waals surface area contributed by atoms with Gasteiger partial charge < -0.3 is 30.1 Å². The van der Waals surface area contributed by atoms with Crippen LogP contribution in [0, 0.1) is 0 Å². The number of aliphatic hydroxyl groups excluding tert-OH is 1. The quantitative estimate of drug-likeness (QED) is 0.501. The Morgan fingerprint density at radius 1 is 1.03 bits per heavy atom. The van der Waals surface area contributed by atoms with Crippen molar-refractivity contribution in [2.75, 3.05) is 26.3 Å². The number of piperidine rings is 1. The van der Waals surface area contributed by atoms with Gasteiger partial charge in [0.25, 0.3) is 0 Å². The van der Waals surface area contributed by atoms with E-state index in [4.69, 9.17) is 24.5 Å². The smallest absolute Gasteiger partial charge is 0.494 e. The van der Waals surface area contributed by atoms with Crippen LogP contribution in [0.4, 0.5) is 4.79 Å². The largest absolute Gasteiger partial charge is 0.503 e. The van der Waals surface area contributed by atoms with E-state index in [1.54, 1.807) is 0 Å². The van der Waals surface area contributed by atoms with Crippen LogP contribution in [0.1, 0.15) is 29.9 Å². The monoisotopic (exact) mass is 403 g/mol. The lowest BCUT2D eigenvalue weighted by Gasteiger charge is -2.28. The van der Waals surface area contributed by atoms with E-state index in [0.29, 0.717) is 26.4 Å². The number of benzene rings is 2. The summed E-state index contributed by atoms with van der Waals surface area (Å²) in [6, 6.07) is 18.3. The molecule has 158 valence electrons. The van der Waals surface area contributed by atoms with E-state index in [1.807, 2.05) is 30.3 Å². The average molecular weight is 403 g/mol. The highest BCUT2D eigenvalue weighted by atomic mass is 16.6. The first-order valence-corrected chi connectivity index (χ1v) is 9.71. The molecule has 1 aliphatic rings. The predicted molar refractivity (Wildman–Crippen MR) is 110 cm³/mol. The highest BCUT2D eigenvalue weighted by Gasteiger charge is 2.24. The highest BCUT2D eigenvalue weighted by Crippen LogP contribution is 2.27. The number of ether oxygens (including phenoxy) is 2. The molecule has 1 aliphatic heterocycles. The zero-order valence-corrected chi connectivity index (χ0v) is 16.4. The highest BCUT2D eigenvalue weighted by molar-refractivity contribution is 5.53. The lowest BCUT2D eigenvalue weighted by atomic mass is 9.88. The second kappa shape index (κ2) is 12.8. The fourth-order valence-corrected chi connectivity index (χ4v) is 3.16. The van der Waals surface area contributed by atoms with Gasteiger partial charge in [-0.15, -0.1) is 0 Å². The van der Waals surface area contributed by atoms with E-state index in [9.17, 15) is 5.11 Å². The molecule has 2 aromatic rings. The minimum Gasteiger partial charge on any atom is -0.494 e. The van der Waals surface area contributed by atoms with Gasteiger partial charge in [-0.2, -0.15) is 0 Å². The topological polar surface area (TPSA) is 108 Å². The van der Waals surface area contributed by atoms with Crippen molar-refractivity contribution in [2.45, 2.75) is 31.5 Å². The van der Waals surface area contributed by atoms with Gasteiger partial charge in [-0.3, -0.25) is 0 Å². The summed E-state index contributed by atoms with van der Waals surface area (Å²) < 4.78 is 11.4. The summed E-state index contributed by atoms with van der Waals surface area (Å²) in [6.07, 6.45) is -0.302. The lowest BCUT2D eigenvalue weighted by molar-refractivity contribution is 0.107. The maximum atomic E-state index is 10.1. The van der Waals surface area contributed by atoms with E-state index in [2.05, 4.69) is 29.6 Å². The van der Waals surface area contributed by atoms with Crippen molar-refractivity contribution in [1.29, 1.82) is 0 Å². The second-order valence-corrected chi connectivity index (χ2v) is 6.76. The van der Waals surface area contributed by atoms with Gasteiger partial charge >= 0.3 is 6.16 Å². The minimum absolute atomic E-state index is 0.224. The molecule has 1 heterocycles. The number of carboxylic acid groups (broad SMARTS) is 2. The third kappa shape index (κ3) is 8.95. The van der Waals surface area contributed by atoms with Gasteiger partial charge in [0.15, 0.2) is 0 Å². The third-order valence-corrected chi connectivity index (χ3v) is 4.57. The minimum atomic E-state index is -1.83. The number of nitrogens with one attached hydrogen (secondary N) is 1. The number of aliphatic hydroxyl groups is 1. The zero-order chi connectivity index (χ0) is 20.9. The van der Waals surface area contributed by atoms with Crippen LogP contribution in [0.5, 0.6) is 5.75 Å². The molecule has 0 radical (unpaired) electrons. The summed E-state index contributed by atoms with van der Waals surface area (Å²) in [5.74, 6) is 1.09. The molecule has 1 fully saturated rings. The van der Waals surface area contributed by atoms with Crippen LogP contribution in [0.15, 0.2) is 54.6 Å². The number of β-amino-alcohol motifs (C(OH)–C–C–N with tert-alkyl or cyclic N) is 1. The fraction of sp³-hybridized carbons (Fsp3) is 0.409. The Morgan fingerprint density at radius 2 is 1.72 bits per heavy atom. The standard InChI is InChI=1S/C21H27NO3.CH2O3/c23-21-15-22-12-11-20(21)18-7-9-19(10-8-18)25-14-4-13-24-16-17-5-2-1-3-6-17;2-1(3)4/h1-3,5-10,20-23H,4,11-16H2;(H2,2,3,4). The summed E-state index contributed by atoms with van der Waals surface area (Å²) in [5.41, 5.74) is 2.38. The van der Waals surface area contributed by atoms with Gasteiger partial charge in [-0.1, -0.05) is 42.5 Å². The summed E-state index contributed by atoms with van der Waals surface area (Å²) in [5, 5.41) is 27.2. The molecular formula is C22H29NO6. The Kier molecular flexibility index (Phi) is 9.99. The van der Waals surface area contributed by atoms with Crippen LogP contribution in [-0.4, -0.2) is 53.9 Å². The van der Waals surface area contributed by atoms with E-state index < -0.39 is 6.16 Å². The van der Waals surface area contributed by atoms with Crippen molar-refractivity contribution in [3.05, 3.63) is 65.7 Å². The molecule has 1 saturated heterocycles. The van der Waals surface area contributed by atoms with Gasteiger partial charge in [0.2, 0.25) is 0 Å².